The normalized spacial score (nSPS) is 29.1. The zero-order valence-corrected chi connectivity index (χ0v) is 18.4. The Balaban J connectivity index is 2.08. The first-order valence-electron chi connectivity index (χ1n) is 9.90. The number of hydrogen-bond acceptors (Lipinski definition) is 7. The Hall–Kier alpha value is -2.81. The zero-order chi connectivity index (χ0) is 23.4. The fourth-order valence-electron chi connectivity index (χ4n) is 3.54. The van der Waals surface area contributed by atoms with Gasteiger partial charge in [-0.3, -0.25) is 9.59 Å². The number of esters is 1. The van der Waals surface area contributed by atoms with Crippen molar-refractivity contribution in [3.8, 4) is 0 Å². The van der Waals surface area contributed by atoms with E-state index in [2.05, 4.69) is 5.32 Å². The van der Waals surface area contributed by atoms with Crippen LogP contribution in [0.15, 0.2) is 58.7 Å². The van der Waals surface area contributed by atoms with Crippen LogP contribution in [0.2, 0.25) is 0 Å². The van der Waals surface area contributed by atoms with Crippen LogP contribution in [0.1, 0.15) is 34.1 Å². The van der Waals surface area contributed by atoms with Gasteiger partial charge in [0.2, 0.25) is 11.4 Å². The molecular weight excluding hydrogens is 402 g/mol. The maximum Gasteiger partial charge on any atom is 0.337 e. The van der Waals surface area contributed by atoms with Gasteiger partial charge in [0.1, 0.15) is 0 Å². The number of ketones is 1. The molecular formula is C23H29NO7. The fraction of sp³-hybridized carbons (Fsp3) is 0.435. The number of carbonyl (C=O) groups is 3. The molecule has 3 N–H and O–H groups in total. The number of nitrogens with one attached hydrogen (secondary N) is 1. The molecule has 0 aromatic carbocycles. The highest BCUT2D eigenvalue weighted by molar-refractivity contribution is 6.21. The molecule has 2 aliphatic rings. The van der Waals surface area contributed by atoms with Crippen LogP contribution < -0.4 is 5.32 Å². The van der Waals surface area contributed by atoms with Crippen molar-refractivity contribution in [3.05, 3.63) is 58.7 Å². The quantitative estimate of drug-likeness (QED) is 0.166. The largest absolute Gasteiger partial charge is 0.465 e. The maximum absolute atomic E-state index is 12.8. The Bertz CT molecular complexity index is 924. The number of epoxide rings is 1. The molecule has 0 aromatic rings. The van der Waals surface area contributed by atoms with E-state index in [1.54, 1.807) is 44.2 Å². The molecule has 0 aliphatic carbocycles. The van der Waals surface area contributed by atoms with Gasteiger partial charge in [-0.15, -0.1) is 0 Å². The van der Waals surface area contributed by atoms with Crippen LogP contribution in [0.3, 0.4) is 0 Å². The lowest BCUT2D eigenvalue weighted by atomic mass is 9.92. The summed E-state index contributed by atoms with van der Waals surface area (Å²) in [4.78, 5) is 36.7. The SMILES string of the molecule is C\C=C(/C=C(C)/C=C(C)/C=C\C=C(\C)C(=O)[C@]12O[C@H]1[C@@](O)(CCO)NC2=O)C(=O)OC. The number of amides is 1. The third-order valence-electron chi connectivity index (χ3n) is 5.18. The second kappa shape index (κ2) is 9.55. The van der Waals surface area contributed by atoms with Gasteiger partial charge < -0.3 is 25.0 Å². The van der Waals surface area contributed by atoms with Crippen molar-refractivity contribution < 1.29 is 34.1 Å². The number of aliphatic hydroxyl groups is 2. The minimum absolute atomic E-state index is 0.122. The summed E-state index contributed by atoms with van der Waals surface area (Å²) < 4.78 is 10.0. The topological polar surface area (TPSA) is 125 Å². The first-order valence-corrected chi connectivity index (χ1v) is 9.90. The molecule has 31 heavy (non-hydrogen) atoms. The summed E-state index contributed by atoms with van der Waals surface area (Å²) in [5, 5.41) is 21.8. The molecule has 8 heteroatoms. The maximum atomic E-state index is 12.8. The molecule has 1 amide bonds. The number of fused-ring (bicyclic) bond motifs is 1. The summed E-state index contributed by atoms with van der Waals surface area (Å²) >= 11 is 0. The van der Waals surface area contributed by atoms with E-state index in [0.717, 1.165) is 11.1 Å². The smallest absolute Gasteiger partial charge is 0.337 e. The van der Waals surface area contributed by atoms with Gasteiger partial charge >= 0.3 is 5.97 Å². The van der Waals surface area contributed by atoms with Crippen molar-refractivity contribution in [1.29, 1.82) is 0 Å². The van der Waals surface area contributed by atoms with E-state index in [1.165, 1.54) is 7.11 Å². The number of allylic oxidation sites excluding steroid dienone is 7. The fourth-order valence-corrected chi connectivity index (χ4v) is 3.54. The number of ether oxygens (including phenoxy) is 2. The minimum Gasteiger partial charge on any atom is -0.465 e. The lowest BCUT2D eigenvalue weighted by molar-refractivity contribution is -0.138. The number of methoxy groups -OCH3 is 1. The molecule has 2 aliphatic heterocycles. The Labute approximate surface area is 181 Å². The van der Waals surface area contributed by atoms with Crippen LogP contribution in [0.25, 0.3) is 0 Å². The third kappa shape index (κ3) is 4.92. The van der Waals surface area contributed by atoms with Gasteiger partial charge in [-0.25, -0.2) is 4.79 Å². The van der Waals surface area contributed by atoms with E-state index in [9.17, 15) is 19.5 Å². The predicted octanol–water partition coefficient (Wildman–Crippen LogP) is 1.41. The van der Waals surface area contributed by atoms with E-state index in [-0.39, 0.29) is 13.0 Å². The van der Waals surface area contributed by atoms with Crippen LogP contribution in [0.5, 0.6) is 0 Å². The summed E-state index contributed by atoms with van der Waals surface area (Å²) in [6.07, 6.45) is 9.13. The molecule has 0 saturated carbocycles. The van der Waals surface area contributed by atoms with Crippen molar-refractivity contribution in [1.82, 2.24) is 5.32 Å². The van der Waals surface area contributed by atoms with E-state index in [4.69, 9.17) is 14.6 Å². The molecule has 2 saturated heterocycles. The van der Waals surface area contributed by atoms with Crippen LogP contribution in [-0.2, 0) is 23.9 Å². The Morgan fingerprint density at radius 2 is 1.90 bits per heavy atom. The number of rotatable bonds is 9. The summed E-state index contributed by atoms with van der Waals surface area (Å²) in [5.74, 6) is -1.64. The molecule has 0 aromatic heterocycles. The first-order chi connectivity index (χ1) is 14.5. The summed E-state index contributed by atoms with van der Waals surface area (Å²) in [7, 11) is 1.33. The van der Waals surface area contributed by atoms with Gasteiger partial charge in [0.15, 0.2) is 11.8 Å². The lowest BCUT2D eigenvalue weighted by Gasteiger charge is -2.22. The Kier molecular flexibility index (Phi) is 7.54. The molecule has 0 unspecified atom stereocenters. The molecule has 3 atom stereocenters. The average Bonchev–Trinajstić information content (AvgIpc) is 3.44. The zero-order valence-electron chi connectivity index (χ0n) is 18.4. The van der Waals surface area contributed by atoms with Crippen LogP contribution in [0.4, 0.5) is 0 Å². The standard InChI is InChI=1S/C23H29NO7/c1-6-17(19(27)30-5)13-15(3)12-14(2)8-7-9-16(4)18(26)23-20(31-23)22(29,10-11-25)24-21(23)28/h6-9,12-13,20,25,29H,10-11H2,1-5H3,(H,24,28)/b8-7-,14-12+,15-13+,16-9-,17-6+/t20-,22-,23-/m0/s1. The van der Waals surface area contributed by atoms with E-state index < -0.39 is 35.1 Å². The molecule has 0 radical (unpaired) electrons. The van der Waals surface area contributed by atoms with Crippen molar-refractivity contribution in [2.24, 2.45) is 0 Å². The van der Waals surface area contributed by atoms with E-state index in [0.29, 0.717) is 11.1 Å². The number of morpholine rings is 1. The van der Waals surface area contributed by atoms with Crippen LogP contribution >= 0.6 is 0 Å². The first kappa shape index (κ1) is 24.5. The molecule has 8 nitrogen and oxygen atoms in total. The molecule has 0 bridgehead atoms. The highest BCUT2D eigenvalue weighted by Gasteiger charge is 2.80. The summed E-state index contributed by atoms with van der Waals surface area (Å²) in [6.45, 7) is 6.68. The van der Waals surface area contributed by atoms with Crippen molar-refractivity contribution >= 4 is 17.7 Å². The average molecular weight is 431 g/mol. The number of aliphatic hydroxyl groups excluding tert-OH is 1. The molecule has 2 heterocycles. The van der Waals surface area contributed by atoms with Crippen molar-refractivity contribution in [2.45, 2.75) is 51.5 Å². The predicted molar refractivity (Wildman–Crippen MR) is 114 cm³/mol. The number of Topliss-reactive ketones (excluding diaryl/α,β-unsaturated/α-hetero) is 1. The summed E-state index contributed by atoms with van der Waals surface area (Å²) in [6, 6.07) is 0. The lowest BCUT2D eigenvalue weighted by Crippen LogP contribution is -2.48. The third-order valence-corrected chi connectivity index (χ3v) is 5.18. The van der Waals surface area contributed by atoms with E-state index in [1.807, 2.05) is 19.9 Å². The van der Waals surface area contributed by atoms with Crippen LogP contribution in [-0.4, -0.2) is 59.0 Å². The minimum atomic E-state index is -1.74. The molecule has 2 rings (SSSR count). The second-order valence-corrected chi connectivity index (χ2v) is 7.64. The highest BCUT2D eigenvalue weighted by atomic mass is 16.6. The number of carbonyl (C=O) groups excluding carboxylic acids is 3. The van der Waals surface area contributed by atoms with Gasteiger partial charge in [-0.1, -0.05) is 41.5 Å². The van der Waals surface area contributed by atoms with Gasteiger partial charge in [-0.05, 0) is 39.3 Å². The van der Waals surface area contributed by atoms with Crippen LogP contribution in [0, 0.1) is 0 Å². The molecule has 168 valence electrons. The van der Waals surface area contributed by atoms with Crippen molar-refractivity contribution in [3.63, 3.8) is 0 Å². The van der Waals surface area contributed by atoms with E-state index >= 15 is 0 Å². The summed E-state index contributed by atoms with van der Waals surface area (Å²) in [5.41, 5.74) is -1.000. The van der Waals surface area contributed by atoms with Gasteiger partial charge in [-0.2, -0.15) is 0 Å². The molecule has 2 fully saturated rings. The second-order valence-electron chi connectivity index (χ2n) is 7.64. The number of hydrogen-bond donors (Lipinski definition) is 3. The Morgan fingerprint density at radius 1 is 1.23 bits per heavy atom. The molecule has 0 spiro atoms. The Morgan fingerprint density at radius 3 is 2.45 bits per heavy atom. The highest BCUT2D eigenvalue weighted by Crippen LogP contribution is 2.50. The van der Waals surface area contributed by atoms with Gasteiger partial charge in [0.05, 0.1) is 12.7 Å². The van der Waals surface area contributed by atoms with Gasteiger partial charge in [0, 0.05) is 13.0 Å². The monoisotopic (exact) mass is 431 g/mol. The van der Waals surface area contributed by atoms with Gasteiger partial charge in [0.25, 0.3) is 5.91 Å². The van der Waals surface area contributed by atoms with Crippen molar-refractivity contribution in [2.75, 3.05) is 13.7 Å².